The second kappa shape index (κ2) is 3.85. The van der Waals surface area contributed by atoms with Gasteiger partial charge < -0.3 is 10.1 Å². The van der Waals surface area contributed by atoms with E-state index in [4.69, 9.17) is 4.74 Å². The zero-order valence-electron chi connectivity index (χ0n) is 6.02. The minimum Gasteiger partial charge on any atom is -0.377 e. The highest BCUT2D eigenvalue weighted by molar-refractivity contribution is 4.70. The average molecular weight is 129 g/mol. The van der Waals surface area contributed by atoms with E-state index in [1.807, 2.05) is 0 Å². The molecule has 1 aliphatic heterocycles. The van der Waals surface area contributed by atoms with Crippen molar-refractivity contribution in [1.82, 2.24) is 5.32 Å². The van der Waals surface area contributed by atoms with Gasteiger partial charge in [-0.2, -0.15) is 0 Å². The zero-order valence-corrected chi connectivity index (χ0v) is 6.02. The predicted molar refractivity (Wildman–Crippen MR) is 37.5 cm³/mol. The van der Waals surface area contributed by atoms with Gasteiger partial charge in [-0.05, 0) is 19.4 Å². The number of hydrogen-bond donors (Lipinski definition) is 1. The first kappa shape index (κ1) is 7.03. The molecule has 0 spiro atoms. The Morgan fingerprint density at radius 3 is 3.11 bits per heavy atom. The highest BCUT2D eigenvalue weighted by Crippen LogP contribution is 2.02. The molecule has 1 heterocycles. The summed E-state index contributed by atoms with van der Waals surface area (Å²) < 4.78 is 5.49. The zero-order chi connectivity index (χ0) is 6.53. The topological polar surface area (TPSA) is 21.3 Å². The maximum absolute atomic E-state index is 5.49. The summed E-state index contributed by atoms with van der Waals surface area (Å²) in [6.45, 7) is 5.25. The van der Waals surface area contributed by atoms with Gasteiger partial charge in [-0.3, -0.25) is 0 Å². The fraction of sp³-hybridized carbons (Fsp3) is 1.00. The summed E-state index contributed by atoms with van der Waals surface area (Å²) in [5.74, 6) is 0. The minimum absolute atomic E-state index is 0.505. The van der Waals surface area contributed by atoms with E-state index >= 15 is 0 Å². The van der Waals surface area contributed by atoms with Crippen molar-refractivity contribution in [2.45, 2.75) is 25.9 Å². The van der Waals surface area contributed by atoms with Gasteiger partial charge in [0.2, 0.25) is 0 Å². The lowest BCUT2D eigenvalue weighted by Crippen LogP contribution is -2.16. The third-order valence-electron chi connectivity index (χ3n) is 1.57. The van der Waals surface area contributed by atoms with E-state index in [1.165, 1.54) is 6.42 Å². The van der Waals surface area contributed by atoms with Gasteiger partial charge in [0.05, 0.1) is 6.10 Å². The van der Waals surface area contributed by atoms with Gasteiger partial charge in [-0.1, -0.05) is 6.92 Å². The first-order valence-corrected chi connectivity index (χ1v) is 3.76. The van der Waals surface area contributed by atoms with Gasteiger partial charge in [0, 0.05) is 13.2 Å². The van der Waals surface area contributed by atoms with E-state index < -0.39 is 0 Å². The lowest BCUT2D eigenvalue weighted by molar-refractivity contribution is 0.0676. The summed E-state index contributed by atoms with van der Waals surface area (Å²) in [7, 11) is 0. The van der Waals surface area contributed by atoms with Gasteiger partial charge in [0.25, 0.3) is 0 Å². The van der Waals surface area contributed by atoms with Crippen molar-refractivity contribution in [2.24, 2.45) is 0 Å². The van der Waals surface area contributed by atoms with Crippen molar-refractivity contribution < 1.29 is 4.74 Å². The van der Waals surface area contributed by atoms with Crippen LogP contribution < -0.4 is 5.32 Å². The molecule has 0 saturated carbocycles. The first-order chi connectivity index (χ1) is 4.43. The number of hydrogen-bond acceptors (Lipinski definition) is 2. The van der Waals surface area contributed by atoms with Gasteiger partial charge in [-0.15, -0.1) is 0 Å². The highest BCUT2D eigenvalue weighted by Gasteiger charge is 2.13. The minimum atomic E-state index is 0.505. The lowest BCUT2D eigenvalue weighted by Gasteiger charge is -2.07. The van der Waals surface area contributed by atoms with E-state index in [0.717, 1.165) is 26.1 Å². The second-order valence-corrected chi connectivity index (χ2v) is 2.49. The van der Waals surface area contributed by atoms with Crippen LogP contribution in [0.3, 0.4) is 0 Å². The molecule has 1 saturated heterocycles. The molecule has 1 aliphatic rings. The molecule has 0 amide bonds. The molecule has 1 fully saturated rings. The Morgan fingerprint density at radius 1 is 1.67 bits per heavy atom. The molecule has 0 bridgehead atoms. The Balaban J connectivity index is 1.98. The largest absolute Gasteiger partial charge is 0.377 e. The molecular weight excluding hydrogens is 114 g/mol. The van der Waals surface area contributed by atoms with Crippen LogP contribution in [-0.2, 0) is 4.74 Å². The van der Waals surface area contributed by atoms with Crippen molar-refractivity contribution in [3.05, 3.63) is 0 Å². The lowest BCUT2D eigenvalue weighted by atomic mass is 10.3. The number of nitrogens with one attached hydrogen (secondary N) is 1. The molecule has 0 aromatic carbocycles. The van der Waals surface area contributed by atoms with Crippen LogP contribution in [0.25, 0.3) is 0 Å². The van der Waals surface area contributed by atoms with E-state index in [-0.39, 0.29) is 0 Å². The fourth-order valence-electron chi connectivity index (χ4n) is 1.05. The molecule has 0 unspecified atom stereocenters. The van der Waals surface area contributed by atoms with E-state index in [0.29, 0.717) is 6.10 Å². The summed E-state index contributed by atoms with van der Waals surface area (Å²) in [6.07, 6.45) is 2.83. The Kier molecular flexibility index (Phi) is 3.01. The summed E-state index contributed by atoms with van der Waals surface area (Å²) in [5, 5.41) is 3.26. The third-order valence-corrected chi connectivity index (χ3v) is 1.57. The van der Waals surface area contributed by atoms with E-state index in [1.54, 1.807) is 0 Å². The van der Waals surface area contributed by atoms with Crippen LogP contribution in [-0.4, -0.2) is 25.8 Å². The molecule has 2 nitrogen and oxygen atoms in total. The molecule has 54 valence electrons. The van der Waals surface area contributed by atoms with Crippen LogP contribution in [0.15, 0.2) is 0 Å². The molecule has 2 heteroatoms. The number of ether oxygens (including phenoxy) is 1. The SMILES string of the molecule is CCCO[C@@H]1CCNC1. The normalized spacial score (nSPS) is 27.0. The fourth-order valence-corrected chi connectivity index (χ4v) is 1.05. The van der Waals surface area contributed by atoms with Crippen LogP contribution in [0.1, 0.15) is 19.8 Å². The van der Waals surface area contributed by atoms with Gasteiger partial charge >= 0.3 is 0 Å². The van der Waals surface area contributed by atoms with Crippen LogP contribution in [0, 0.1) is 0 Å². The maximum Gasteiger partial charge on any atom is 0.0711 e. The highest BCUT2D eigenvalue weighted by atomic mass is 16.5. The molecule has 0 radical (unpaired) electrons. The molecule has 0 aliphatic carbocycles. The van der Waals surface area contributed by atoms with E-state index in [9.17, 15) is 0 Å². The smallest absolute Gasteiger partial charge is 0.0711 e. The van der Waals surface area contributed by atoms with Crippen molar-refractivity contribution in [2.75, 3.05) is 19.7 Å². The maximum atomic E-state index is 5.49. The molecule has 0 aromatic heterocycles. The van der Waals surface area contributed by atoms with Gasteiger partial charge in [0.1, 0.15) is 0 Å². The predicted octanol–water partition coefficient (Wildman–Crippen LogP) is 0.775. The Bertz CT molecular complexity index is 69.3. The van der Waals surface area contributed by atoms with Crippen molar-refractivity contribution >= 4 is 0 Å². The molecule has 1 rings (SSSR count). The molecule has 9 heavy (non-hydrogen) atoms. The monoisotopic (exact) mass is 129 g/mol. The van der Waals surface area contributed by atoms with Crippen LogP contribution in [0.4, 0.5) is 0 Å². The Morgan fingerprint density at radius 2 is 2.56 bits per heavy atom. The van der Waals surface area contributed by atoms with Crippen molar-refractivity contribution in [3.63, 3.8) is 0 Å². The summed E-state index contributed by atoms with van der Waals surface area (Å²) >= 11 is 0. The van der Waals surface area contributed by atoms with Gasteiger partial charge in [-0.25, -0.2) is 0 Å². The molecule has 1 N–H and O–H groups in total. The summed E-state index contributed by atoms with van der Waals surface area (Å²) in [4.78, 5) is 0. The molecular formula is C7H15NO. The molecule has 0 aromatic rings. The van der Waals surface area contributed by atoms with Crippen molar-refractivity contribution in [3.8, 4) is 0 Å². The van der Waals surface area contributed by atoms with Crippen LogP contribution >= 0.6 is 0 Å². The number of rotatable bonds is 3. The van der Waals surface area contributed by atoms with Crippen LogP contribution in [0.2, 0.25) is 0 Å². The standard InChI is InChI=1S/C7H15NO/c1-2-5-9-7-3-4-8-6-7/h7-8H,2-6H2,1H3/t7-/m1/s1. The summed E-state index contributed by atoms with van der Waals surface area (Å²) in [5.41, 5.74) is 0. The van der Waals surface area contributed by atoms with E-state index in [2.05, 4.69) is 12.2 Å². The third kappa shape index (κ3) is 2.33. The van der Waals surface area contributed by atoms with Crippen molar-refractivity contribution in [1.29, 1.82) is 0 Å². The summed E-state index contributed by atoms with van der Waals surface area (Å²) in [6, 6.07) is 0. The first-order valence-electron chi connectivity index (χ1n) is 3.76. The van der Waals surface area contributed by atoms with Crippen LogP contribution in [0.5, 0.6) is 0 Å². The average Bonchev–Trinajstić information content (AvgIpc) is 2.34. The Labute approximate surface area is 56.6 Å². The van der Waals surface area contributed by atoms with Gasteiger partial charge in [0.15, 0.2) is 0 Å². The molecule has 1 atom stereocenters. The quantitative estimate of drug-likeness (QED) is 0.608. The Hall–Kier alpha value is -0.0800. The second-order valence-electron chi connectivity index (χ2n) is 2.49.